The fraction of sp³-hybridized carbons (Fsp3) is 0.389. The van der Waals surface area contributed by atoms with Crippen LogP contribution >= 0.6 is 0 Å². The summed E-state index contributed by atoms with van der Waals surface area (Å²) in [6.07, 6.45) is 5.41. The lowest BCUT2D eigenvalue weighted by Gasteiger charge is -2.34. The molecule has 1 heterocycles. The molecule has 22 heavy (non-hydrogen) atoms. The summed E-state index contributed by atoms with van der Waals surface area (Å²) in [5.74, 6) is 0. The van der Waals surface area contributed by atoms with Gasteiger partial charge in [0.25, 0.3) is 0 Å². The molecular weight excluding hydrogens is 274 g/mol. The maximum absolute atomic E-state index is 12.2. The van der Waals surface area contributed by atoms with Crippen molar-refractivity contribution in [2.24, 2.45) is 0 Å². The monoisotopic (exact) mass is 299 g/mol. The second kappa shape index (κ2) is 8.27. The Bertz CT molecular complexity index is 482. The van der Waals surface area contributed by atoms with Gasteiger partial charge in [-0.1, -0.05) is 30.4 Å². The predicted molar refractivity (Wildman–Crippen MR) is 92.2 cm³/mol. The van der Waals surface area contributed by atoms with Gasteiger partial charge in [0, 0.05) is 37.9 Å². The zero-order chi connectivity index (χ0) is 15.8. The smallest absolute Gasteiger partial charge is 0.318 e. The summed E-state index contributed by atoms with van der Waals surface area (Å²) < 4.78 is 0. The van der Waals surface area contributed by atoms with Crippen molar-refractivity contribution >= 4 is 11.7 Å². The van der Waals surface area contributed by atoms with Crippen molar-refractivity contribution in [1.29, 1.82) is 0 Å². The van der Waals surface area contributed by atoms with Gasteiger partial charge in [-0.05, 0) is 25.0 Å². The van der Waals surface area contributed by atoms with E-state index in [-0.39, 0.29) is 12.1 Å². The van der Waals surface area contributed by atoms with Crippen LogP contribution in [-0.4, -0.2) is 43.2 Å². The Morgan fingerprint density at radius 3 is 2.32 bits per heavy atom. The van der Waals surface area contributed by atoms with Gasteiger partial charge in [-0.15, -0.1) is 13.2 Å². The SMILES string of the molecule is C=CCN(CC=C)C(=O)NC1CCN(c2ccccc2)CC1. The number of nitrogens with one attached hydrogen (secondary N) is 1. The van der Waals surface area contributed by atoms with Gasteiger partial charge in [-0.2, -0.15) is 0 Å². The number of urea groups is 1. The molecule has 4 nitrogen and oxygen atoms in total. The minimum atomic E-state index is -0.0297. The zero-order valence-corrected chi connectivity index (χ0v) is 13.1. The van der Waals surface area contributed by atoms with Crippen molar-refractivity contribution in [3.63, 3.8) is 0 Å². The van der Waals surface area contributed by atoms with E-state index < -0.39 is 0 Å². The summed E-state index contributed by atoms with van der Waals surface area (Å²) in [5, 5.41) is 3.13. The molecule has 0 bridgehead atoms. The second-order valence-corrected chi connectivity index (χ2v) is 5.53. The molecule has 0 aliphatic carbocycles. The Morgan fingerprint density at radius 1 is 1.18 bits per heavy atom. The van der Waals surface area contributed by atoms with Gasteiger partial charge in [-0.3, -0.25) is 0 Å². The van der Waals surface area contributed by atoms with Crippen LogP contribution in [0.5, 0.6) is 0 Å². The van der Waals surface area contributed by atoms with Crippen LogP contribution in [0, 0.1) is 0 Å². The lowest BCUT2D eigenvalue weighted by atomic mass is 10.0. The molecule has 1 saturated heterocycles. The minimum absolute atomic E-state index is 0.0297. The van der Waals surface area contributed by atoms with Crippen LogP contribution < -0.4 is 10.2 Å². The molecule has 4 heteroatoms. The molecule has 0 unspecified atom stereocenters. The number of carbonyl (C=O) groups excluding carboxylic acids is 1. The van der Waals surface area contributed by atoms with Crippen molar-refractivity contribution in [3.05, 3.63) is 55.6 Å². The molecule has 1 aliphatic rings. The highest BCUT2D eigenvalue weighted by atomic mass is 16.2. The highest BCUT2D eigenvalue weighted by Gasteiger charge is 2.22. The molecule has 2 rings (SSSR count). The van der Waals surface area contributed by atoms with E-state index in [1.54, 1.807) is 17.1 Å². The number of para-hydroxylation sites is 1. The molecule has 1 aromatic rings. The Labute approximate surface area is 133 Å². The number of rotatable bonds is 6. The molecule has 0 saturated carbocycles. The normalized spacial score (nSPS) is 15.2. The third kappa shape index (κ3) is 4.38. The Balaban J connectivity index is 1.82. The summed E-state index contributed by atoms with van der Waals surface area (Å²) >= 11 is 0. The summed E-state index contributed by atoms with van der Waals surface area (Å²) in [6, 6.07) is 10.6. The first-order chi connectivity index (χ1) is 10.7. The number of piperidine rings is 1. The molecule has 0 radical (unpaired) electrons. The predicted octanol–water partition coefficient (Wildman–Crippen LogP) is 3.04. The number of benzene rings is 1. The van der Waals surface area contributed by atoms with Crippen LogP contribution in [0.15, 0.2) is 55.6 Å². The number of amides is 2. The van der Waals surface area contributed by atoms with Crippen LogP contribution in [-0.2, 0) is 0 Å². The van der Waals surface area contributed by atoms with Gasteiger partial charge in [0.1, 0.15) is 0 Å². The number of nitrogens with zero attached hydrogens (tertiary/aromatic N) is 2. The first kappa shape index (κ1) is 16.1. The summed E-state index contributed by atoms with van der Waals surface area (Å²) in [5.41, 5.74) is 1.26. The van der Waals surface area contributed by atoms with E-state index in [1.807, 2.05) is 6.07 Å². The third-order valence-electron chi connectivity index (χ3n) is 3.93. The zero-order valence-electron chi connectivity index (χ0n) is 13.1. The molecule has 0 aromatic heterocycles. The third-order valence-corrected chi connectivity index (χ3v) is 3.93. The van der Waals surface area contributed by atoms with E-state index in [0.29, 0.717) is 13.1 Å². The largest absolute Gasteiger partial charge is 0.371 e. The molecule has 1 fully saturated rings. The Morgan fingerprint density at radius 2 is 1.77 bits per heavy atom. The molecule has 1 aliphatic heterocycles. The Kier molecular flexibility index (Phi) is 6.07. The van der Waals surface area contributed by atoms with Gasteiger partial charge in [0.15, 0.2) is 0 Å². The van der Waals surface area contributed by atoms with Crippen LogP contribution in [0.4, 0.5) is 10.5 Å². The maximum atomic E-state index is 12.2. The van der Waals surface area contributed by atoms with E-state index >= 15 is 0 Å². The maximum Gasteiger partial charge on any atom is 0.318 e. The van der Waals surface area contributed by atoms with Gasteiger partial charge >= 0.3 is 6.03 Å². The molecule has 0 spiro atoms. The van der Waals surface area contributed by atoms with Gasteiger partial charge in [0.2, 0.25) is 0 Å². The first-order valence-electron chi connectivity index (χ1n) is 7.82. The quantitative estimate of drug-likeness (QED) is 0.820. The fourth-order valence-electron chi connectivity index (χ4n) is 2.74. The van der Waals surface area contributed by atoms with Crippen molar-refractivity contribution in [2.75, 3.05) is 31.1 Å². The number of anilines is 1. The summed E-state index contributed by atoms with van der Waals surface area (Å²) in [6.45, 7) is 10.4. The van der Waals surface area contributed by atoms with Gasteiger partial charge in [-0.25, -0.2) is 4.79 Å². The molecule has 0 atom stereocenters. The van der Waals surface area contributed by atoms with E-state index in [1.165, 1.54) is 5.69 Å². The summed E-state index contributed by atoms with van der Waals surface area (Å²) in [4.78, 5) is 16.3. The molecule has 1 aromatic carbocycles. The van der Waals surface area contributed by atoms with E-state index in [2.05, 4.69) is 47.6 Å². The van der Waals surface area contributed by atoms with Crippen LogP contribution in [0.25, 0.3) is 0 Å². The lowest BCUT2D eigenvalue weighted by molar-refractivity contribution is 0.201. The molecule has 118 valence electrons. The second-order valence-electron chi connectivity index (χ2n) is 5.53. The molecular formula is C18H25N3O. The van der Waals surface area contributed by atoms with Crippen LogP contribution in [0.1, 0.15) is 12.8 Å². The fourth-order valence-corrected chi connectivity index (χ4v) is 2.74. The first-order valence-corrected chi connectivity index (χ1v) is 7.82. The van der Waals surface area contributed by atoms with Crippen molar-refractivity contribution in [2.45, 2.75) is 18.9 Å². The van der Waals surface area contributed by atoms with Gasteiger partial charge in [0.05, 0.1) is 0 Å². The number of hydrogen-bond acceptors (Lipinski definition) is 2. The topological polar surface area (TPSA) is 35.6 Å². The Hall–Kier alpha value is -2.23. The van der Waals surface area contributed by atoms with E-state index in [9.17, 15) is 4.79 Å². The van der Waals surface area contributed by atoms with Crippen LogP contribution in [0.3, 0.4) is 0 Å². The average Bonchev–Trinajstić information content (AvgIpc) is 2.56. The molecule has 2 amide bonds. The highest BCUT2D eigenvalue weighted by molar-refractivity contribution is 5.75. The standard InChI is InChI=1S/C18H25N3O/c1-3-12-21(13-4-2)18(22)19-16-10-14-20(15-11-16)17-8-6-5-7-9-17/h3-9,16H,1-2,10-15H2,(H,19,22). The number of hydrogen-bond donors (Lipinski definition) is 1. The summed E-state index contributed by atoms with van der Waals surface area (Å²) in [7, 11) is 0. The number of carbonyl (C=O) groups is 1. The minimum Gasteiger partial charge on any atom is -0.371 e. The average molecular weight is 299 g/mol. The van der Waals surface area contributed by atoms with E-state index in [4.69, 9.17) is 0 Å². The van der Waals surface area contributed by atoms with Crippen molar-refractivity contribution in [1.82, 2.24) is 10.2 Å². The highest BCUT2D eigenvalue weighted by Crippen LogP contribution is 2.19. The van der Waals surface area contributed by atoms with Crippen LogP contribution in [0.2, 0.25) is 0 Å². The van der Waals surface area contributed by atoms with Crippen molar-refractivity contribution in [3.8, 4) is 0 Å². The van der Waals surface area contributed by atoms with Crippen molar-refractivity contribution < 1.29 is 4.79 Å². The van der Waals surface area contributed by atoms with E-state index in [0.717, 1.165) is 25.9 Å². The molecule has 1 N–H and O–H groups in total. The van der Waals surface area contributed by atoms with Gasteiger partial charge < -0.3 is 15.1 Å². The lowest BCUT2D eigenvalue weighted by Crippen LogP contribution is -2.49.